The first-order valence-electron chi connectivity index (χ1n) is 12.0. The Morgan fingerprint density at radius 2 is 1.54 bits per heavy atom. The summed E-state index contributed by atoms with van der Waals surface area (Å²) in [5.41, 5.74) is 4.04. The first-order valence-corrected chi connectivity index (χ1v) is 13.0. The number of carbonyl (C=O) groups is 1. The Kier molecular flexibility index (Phi) is 7.74. The number of nitro benzene ring substituents is 1. The monoisotopic (exact) mass is 539 g/mol. The summed E-state index contributed by atoms with van der Waals surface area (Å²) in [5, 5.41) is 23.1. The Labute approximate surface area is 227 Å². The molecule has 8 nitrogen and oxygen atoms in total. The zero-order valence-corrected chi connectivity index (χ0v) is 21.3. The number of aromatic nitrogens is 3. The lowest BCUT2D eigenvalue weighted by molar-refractivity contribution is -0.384. The molecule has 5 rings (SSSR count). The van der Waals surface area contributed by atoms with E-state index in [1.807, 2.05) is 42.5 Å². The Bertz CT molecular complexity index is 1590. The average molecular weight is 540 g/mol. The van der Waals surface area contributed by atoms with Crippen molar-refractivity contribution in [1.29, 1.82) is 0 Å². The zero-order chi connectivity index (χ0) is 27.2. The van der Waals surface area contributed by atoms with Crippen molar-refractivity contribution in [3.05, 3.63) is 136 Å². The number of nitrogens with one attached hydrogen (secondary N) is 1. The van der Waals surface area contributed by atoms with Gasteiger partial charge in [-0.2, -0.15) is 0 Å². The van der Waals surface area contributed by atoms with Crippen molar-refractivity contribution in [2.75, 3.05) is 0 Å². The molecule has 0 unspecified atom stereocenters. The molecule has 4 aromatic carbocycles. The summed E-state index contributed by atoms with van der Waals surface area (Å²) in [5.74, 6) is 0.379. The van der Waals surface area contributed by atoms with Gasteiger partial charge in [0.2, 0.25) is 0 Å². The number of nitrogens with zero attached hydrogens (tertiary/aromatic N) is 4. The number of hydrogen-bond donors (Lipinski definition) is 1. The van der Waals surface area contributed by atoms with Crippen molar-refractivity contribution in [1.82, 2.24) is 20.1 Å². The molecule has 0 spiro atoms. The molecule has 0 aliphatic heterocycles. The van der Waals surface area contributed by atoms with Crippen LogP contribution in [0.4, 0.5) is 10.1 Å². The van der Waals surface area contributed by atoms with Crippen LogP contribution in [0.25, 0.3) is 16.8 Å². The summed E-state index contributed by atoms with van der Waals surface area (Å²) in [6.07, 6.45) is 0. The van der Waals surface area contributed by atoms with E-state index in [2.05, 4.69) is 15.5 Å². The normalized spacial score (nSPS) is 10.8. The molecule has 1 N–H and O–H groups in total. The molecule has 0 atom stereocenters. The van der Waals surface area contributed by atoms with E-state index < -0.39 is 4.92 Å². The molecule has 0 saturated heterocycles. The van der Waals surface area contributed by atoms with E-state index in [-0.39, 0.29) is 24.0 Å². The third-order valence-electron chi connectivity index (χ3n) is 5.96. The highest BCUT2D eigenvalue weighted by molar-refractivity contribution is 7.98. The van der Waals surface area contributed by atoms with Gasteiger partial charge in [-0.05, 0) is 53.1 Å². The van der Waals surface area contributed by atoms with Gasteiger partial charge in [0.25, 0.3) is 11.6 Å². The second kappa shape index (κ2) is 11.7. The standard InChI is InChI=1S/C29H22FN5O3S/c30-24-12-6-20(7-13-24)19-39-29-33-32-27(34(29)25-14-16-26(17-15-25)35(37)38)18-31-28(36)23-10-8-22(9-11-23)21-4-2-1-3-5-21/h1-17H,18-19H2,(H,31,36). The van der Waals surface area contributed by atoms with Gasteiger partial charge >= 0.3 is 0 Å². The van der Waals surface area contributed by atoms with Gasteiger partial charge in [-0.15, -0.1) is 10.2 Å². The molecular formula is C29H22FN5O3S. The maximum atomic E-state index is 13.3. The second-order valence-electron chi connectivity index (χ2n) is 8.55. The summed E-state index contributed by atoms with van der Waals surface area (Å²) < 4.78 is 15.0. The van der Waals surface area contributed by atoms with Gasteiger partial charge in [0, 0.05) is 29.1 Å². The van der Waals surface area contributed by atoms with Crippen LogP contribution in [0.3, 0.4) is 0 Å². The number of amides is 1. The third-order valence-corrected chi connectivity index (χ3v) is 6.96. The summed E-state index contributed by atoms with van der Waals surface area (Å²) in [7, 11) is 0. The highest BCUT2D eigenvalue weighted by atomic mass is 32.2. The number of non-ortho nitro benzene ring substituents is 1. The van der Waals surface area contributed by atoms with Crippen LogP contribution in [0.1, 0.15) is 21.7 Å². The topological polar surface area (TPSA) is 103 Å². The molecule has 0 fully saturated rings. The second-order valence-corrected chi connectivity index (χ2v) is 9.49. The molecular weight excluding hydrogens is 517 g/mol. The van der Waals surface area contributed by atoms with Crippen LogP contribution in [-0.2, 0) is 12.3 Å². The minimum atomic E-state index is -0.468. The van der Waals surface area contributed by atoms with E-state index in [1.165, 1.54) is 36.0 Å². The summed E-state index contributed by atoms with van der Waals surface area (Å²) in [6, 6.07) is 29.4. The fraction of sp³-hybridized carbons (Fsp3) is 0.0690. The molecule has 1 amide bonds. The number of carbonyl (C=O) groups excluding carboxylic acids is 1. The SMILES string of the molecule is O=C(NCc1nnc(SCc2ccc(F)cc2)n1-c1ccc([N+](=O)[O-])cc1)c1ccc(-c2ccccc2)cc1. The first kappa shape index (κ1) is 25.8. The highest BCUT2D eigenvalue weighted by Gasteiger charge is 2.17. The molecule has 0 saturated carbocycles. The Balaban J connectivity index is 1.35. The fourth-order valence-corrected chi connectivity index (χ4v) is 4.85. The summed E-state index contributed by atoms with van der Waals surface area (Å²) in [4.78, 5) is 23.6. The van der Waals surface area contributed by atoms with Crippen molar-refractivity contribution >= 4 is 23.4 Å². The van der Waals surface area contributed by atoms with Gasteiger partial charge in [0.05, 0.1) is 11.5 Å². The zero-order valence-electron chi connectivity index (χ0n) is 20.5. The van der Waals surface area contributed by atoms with Gasteiger partial charge in [0.1, 0.15) is 5.82 Å². The number of hydrogen-bond acceptors (Lipinski definition) is 6. The predicted molar refractivity (Wildman–Crippen MR) is 147 cm³/mol. The minimum absolute atomic E-state index is 0.0406. The molecule has 0 radical (unpaired) electrons. The van der Waals surface area contributed by atoms with Crippen molar-refractivity contribution in [2.24, 2.45) is 0 Å². The van der Waals surface area contributed by atoms with E-state index in [0.717, 1.165) is 16.7 Å². The van der Waals surface area contributed by atoms with Crippen molar-refractivity contribution in [3.63, 3.8) is 0 Å². The average Bonchev–Trinajstić information content (AvgIpc) is 3.39. The molecule has 10 heteroatoms. The third kappa shape index (κ3) is 6.19. The number of nitro groups is 1. The lowest BCUT2D eigenvalue weighted by Gasteiger charge is -2.11. The van der Waals surface area contributed by atoms with Crippen LogP contribution < -0.4 is 5.32 Å². The Morgan fingerprint density at radius 1 is 0.872 bits per heavy atom. The maximum absolute atomic E-state index is 13.3. The van der Waals surface area contributed by atoms with E-state index >= 15 is 0 Å². The van der Waals surface area contributed by atoms with Gasteiger partial charge in [-0.25, -0.2) is 4.39 Å². The molecule has 194 valence electrons. The number of rotatable bonds is 9. The lowest BCUT2D eigenvalue weighted by Crippen LogP contribution is -2.24. The predicted octanol–water partition coefficient (Wildman–Crippen LogP) is 6.20. The maximum Gasteiger partial charge on any atom is 0.269 e. The van der Waals surface area contributed by atoms with Gasteiger partial charge in [-0.1, -0.05) is 66.4 Å². The molecule has 1 heterocycles. The molecule has 0 aliphatic carbocycles. The van der Waals surface area contributed by atoms with Gasteiger partial charge in [0.15, 0.2) is 11.0 Å². The Morgan fingerprint density at radius 3 is 2.21 bits per heavy atom. The van der Waals surface area contributed by atoms with Crippen LogP contribution in [-0.4, -0.2) is 25.6 Å². The van der Waals surface area contributed by atoms with E-state index in [9.17, 15) is 19.3 Å². The van der Waals surface area contributed by atoms with Crippen molar-refractivity contribution < 1.29 is 14.1 Å². The quantitative estimate of drug-likeness (QED) is 0.136. The number of halogens is 1. The summed E-state index contributed by atoms with van der Waals surface area (Å²) in [6.45, 7) is 0.0837. The Hall–Kier alpha value is -4.83. The summed E-state index contributed by atoms with van der Waals surface area (Å²) >= 11 is 1.38. The molecule has 5 aromatic rings. The number of thioether (sulfide) groups is 1. The minimum Gasteiger partial charge on any atom is -0.345 e. The largest absolute Gasteiger partial charge is 0.345 e. The van der Waals surface area contributed by atoms with Crippen LogP contribution >= 0.6 is 11.8 Å². The highest BCUT2D eigenvalue weighted by Crippen LogP contribution is 2.27. The van der Waals surface area contributed by atoms with E-state index in [4.69, 9.17) is 0 Å². The molecule has 1 aromatic heterocycles. The molecule has 0 bridgehead atoms. The fourth-order valence-electron chi connectivity index (χ4n) is 3.93. The van der Waals surface area contributed by atoms with Crippen LogP contribution in [0.15, 0.2) is 108 Å². The van der Waals surface area contributed by atoms with Gasteiger partial charge < -0.3 is 5.32 Å². The van der Waals surface area contributed by atoms with Crippen LogP contribution in [0.2, 0.25) is 0 Å². The van der Waals surface area contributed by atoms with Crippen molar-refractivity contribution in [2.45, 2.75) is 17.5 Å². The first-order chi connectivity index (χ1) is 19.0. The number of benzene rings is 4. The van der Waals surface area contributed by atoms with Crippen LogP contribution in [0, 0.1) is 15.9 Å². The van der Waals surface area contributed by atoms with E-state index in [1.54, 1.807) is 41.0 Å². The van der Waals surface area contributed by atoms with Gasteiger partial charge in [-0.3, -0.25) is 19.5 Å². The van der Waals surface area contributed by atoms with E-state index in [0.29, 0.717) is 28.0 Å². The molecule has 39 heavy (non-hydrogen) atoms. The lowest BCUT2D eigenvalue weighted by atomic mass is 10.0. The van der Waals surface area contributed by atoms with Crippen molar-refractivity contribution in [3.8, 4) is 16.8 Å². The molecule has 0 aliphatic rings. The smallest absolute Gasteiger partial charge is 0.269 e. The van der Waals surface area contributed by atoms with Crippen LogP contribution in [0.5, 0.6) is 0 Å².